The molecule has 1 heterocycles. The van der Waals surface area contributed by atoms with Gasteiger partial charge in [-0.1, -0.05) is 11.6 Å². The van der Waals surface area contributed by atoms with E-state index in [1.165, 1.54) is 0 Å². The summed E-state index contributed by atoms with van der Waals surface area (Å²) in [4.78, 5) is 4.28. The predicted octanol–water partition coefficient (Wildman–Crippen LogP) is 1.95. The van der Waals surface area contributed by atoms with E-state index in [0.29, 0.717) is 0 Å². The molecular formula is C10H12ClN3. The molecule has 4 heteroatoms. The molecule has 0 fully saturated rings. The lowest BCUT2D eigenvalue weighted by molar-refractivity contribution is 0.819. The third-order valence-electron chi connectivity index (χ3n) is 2.26. The Bertz CT molecular complexity index is 462. The van der Waals surface area contributed by atoms with E-state index in [4.69, 9.17) is 11.6 Å². The van der Waals surface area contributed by atoms with E-state index >= 15 is 0 Å². The van der Waals surface area contributed by atoms with Crippen molar-refractivity contribution < 1.29 is 0 Å². The highest BCUT2D eigenvalue weighted by Crippen LogP contribution is 2.22. The molecule has 3 nitrogen and oxygen atoms in total. The van der Waals surface area contributed by atoms with Gasteiger partial charge < -0.3 is 9.88 Å². The molecule has 0 saturated carbocycles. The Balaban J connectivity index is 2.60. The van der Waals surface area contributed by atoms with Crippen LogP contribution in [0, 0.1) is 0 Å². The van der Waals surface area contributed by atoms with Gasteiger partial charge >= 0.3 is 0 Å². The van der Waals surface area contributed by atoms with Gasteiger partial charge in [0.05, 0.1) is 17.4 Å². The van der Waals surface area contributed by atoms with Crippen LogP contribution in [-0.4, -0.2) is 16.6 Å². The normalized spacial score (nSPS) is 11.1. The Morgan fingerprint density at radius 1 is 1.50 bits per heavy atom. The number of hydrogen-bond donors (Lipinski definition) is 1. The van der Waals surface area contributed by atoms with E-state index in [0.717, 1.165) is 28.2 Å². The van der Waals surface area contributed by atoms with E-state index in [1.807, 2.05) is 30.8 Å². The van der Waals surface area contributed by atoms with Gasteiger partial charge in [0.25, 0.3) is 0 Å². The van der Waals surface area contributed by atoms with Gasteiger partial charge in [0.2, 0.25) is 0 Å². The molecule has 1 aromatic carbocycles. The van der Waals surface area contributed by atoms with Crippen LogP contribution in [0.2, 0.25) is 5.02 Å². The molecule has 0 amide bonds. The molecule has 0 aliphatic carbocycles. The third kappa shape index (κ3) is 1.49. The molecule has 0 spiro atoms. The minimum atomic E-state index is 0.769. The molecular weight excluding hydrogens is 198 g/mol. The molecule has 0 saturated heterocycles. The lowest BCUT2D eigenvalue weighted by Gasteiger charge is -2.03. The molecule has 1 N–H and O–H groups in total. The molecule has 2 rings (SSSR count). The first-order valence-corrected chi connectivity index (χ1v) is 4.84. The number of aryl methyl sites for hydroxylation is 1. The first-order valence-electron chi connectivity index (χ1n) is 4.46. The minimum Gasteiger partial charge on any atom is -0.334 e. The van der Waals surface area contributed by atoms with Crippen molar-refractivity contribution >= 4 is 22.6 Å². The summed E-state index contributed by atoms with van der Waals surface area (Å²) in [5.74, 6) is 0. The summed E-state index contributed by atoms with van der Waals surface area (Å²) >= 11 is 6.13. The summed E-state index contributed by atoms with van der Waals surface area (Å²) in [6.07, 6.45) is 1.80. The largest absolute Gasteiger partial charge is 0.334 e. The van der Waals surface area contributed by atoms with Crippen LogP contribution in [0.25, 0.3) is 11.0 Å². The van der Waals surface area contributed by atoms with Crippen molar-refractivity contribution in [2.45, 2.75) is 6.54 Å². The Kier molecular flexibility index (Phi) is 2.44. The molecule has 0 atom stereocenters. The van der Waals surface area contributed by atoms with Crippen LogP contribution in [0.1, 0.15) is 5.56 Å². The maximum atomic E-state index is 6.13. The van der Waals surface area contributed by atoms with E-state index in [1.54, 1.807) is 6.33 Å². The summed E-state index contributed by atoms with van der Waals surface area (Å²) in [6, 6.07) is 3.98. The first kappa shape index (κ1) is 9.49. The van der Waals surface area contributed by atoms with Crippen molar-refractivity contribution in [3.05, 3.63) is 29.0 Å². The number of benzene rings is 1. The van der Waals surface area contributed by atoms with Gasteiger partial charge in [-0.25, -0.2) is 4.98 Å². The van der Waals surface area contributed by atoms with Crippen LogP contribution in [-0.2, 0) is 13.6 Å². The second-order valence-corrected chi connectivity index (χ2v) is 3.73. The molecule has 0 unspecified atom stereocenters. The van der Waals surface area contributed by atoms with Gasteiger partial charge in [0.15, 0.2) is 0 Å². The first-order chi connectivity index (χ1) is 6.72. The van der Waals surface area contributed by atoms with Crippen LogP contribution in [0.3, 0.4) is 0 Å². The highest BCUT2D eigenvalue weighted by Gasteiger charge is 2.05. The van der Waals surface area contributed by atoms with Gasteiger partial charge in [0, 0.05) is 18.6 Å². The van der Waals surface area contributed by atoms with E-state index in [2.05, 4.69) is 10.3 Å². The SMILES string of the molecule is CNCc1cc2ncn(C)c2cc1Cl. The molecule has 14 heavy (non-hydrogen) atoms. The quantitative estimate of drug-likeness (QED) is 0.820. The zero-order valence-electron chi connectivity index (χ0n) is 8.21. The average Bonchev–Trinajstić information content (AvgIpc) is 2.50. The summed E-state index contributed by atoms with van der Waals surface area (Å²) < 4.78 is 1.96. The minimum absolute atomic E-state index is 0.769. The lowest BCUT2D eigenvalue weighted by atomic mass is 10.2. The second-order valence-electron chi connectivity index (χ2n) is 3.32. The number of nitrogens with zero attached hydrogens (tertiary/aromatic N) is 2. The van der Waals surface area contributed by atoms with Gasteiger partial charge in [-0.3, -0.25) is 0 Å². The monoisotopic (exact) mass is 209 g/mol. The fourth-order valence-electron chi connectivity index (χ4n) is 1.52. The molecule has 0 aliphatic heterocycles. The Labute approximate surface area is 87.7 Å². The molecule has 74 valence electrons. The third-order valence-corrected chi connectivity index (χ3v) is 2.61. The van der Waals surface area contributed by atoms with Crippen LogP contribution >= 0.6 is 11.6 Å². The van der Waals surface area contributed by atoms with Gasteiger partial charge in [-0.05, 0) is 24.7 Å². The van der Waals surface area contributed by atoms with Crippen LogP contribution in [0.5, 0.6) is 0 Å². The van der Waals surface area contributed by atoms with Gasteiger partial charge in [-0.2, -0.15) is 0 Å². The summed E-state index contributed by atoms with van der Waals surface area (Å²) in [5, 5.41) is 3.86. The standard InChI is InChI=1S/C10H12ClN3/c1-12-5-7-3-9-10(4-8(7)11)14(2)6-13-9/h3-4,6,12H,5H2,1-2H3. The molecule has 2 aromatic rings. The van der Waals surface area contributed by atoms with E-state index in [9.17, 15) is 0 Å². The second kappa shape index (κ2) is 3.59. The molecule has 0 aliphatic rings. The zero-order valence-corrected chi connectivity index (χ0v) is 8.97. The molecule has 1 aromatic heterocycles. The van der Waals surface area contributed by atoms with Crippen molar-refractivity contribution in [3.8, 4) is 0 Å². The fourth-order valence-corrected chi connectivity index (χ4v) is 1.74. The van der Waals surface area contributed by atoms with E-state index in [-0.39, 0.29) is 0 Å². The summed E-state index contributed by atoms with van der Waals surface area (Å²) in [5.41, 5.74) is 3.14. The van der Waals surface area contributed by atoms with Crippen LogP contribution in [0.4, 0.5) is 0 Å². The number of hydrogen-bond acceptors (Lipinski definition) is 2. The van der Waals surface area contributed by atoms with Crippen molar-refractivity contribution in [3.63, 3.8) is 0 Å². The highest BCUT2D eigenvalue weighted by molar-refractivity contribution is 6.32. The van der Waals surface area contributed by atoms with Gasteiger partial charge in [-0.15, -0.1) is 0 Å². The number of halogens is 1. The number of aromatic nitrogens is 2. The van der Waals surface area contributed by atoms with Gasteiger partial charge in [0.1, 0.15) is 0 Å². The number of imidazole rings is 1. The Morgan fingerprint density at radius 3 is 3.00 bits per heavy atom. The number of rotatable bonds is 2. The van der Waals surface area contributed by atoms with Crippen molar-refractivity contribution in [2.24, 2.45) is 7.05 Å². The van der Waals surface area contributed by atoms with Crippen molar-refractivity contribution in [2.75, 3.05) is 7.05 Å². The molecule has 0 bridgehead atoms. The summed E-state index contributed by atoms with van der Waals surface area (Å²) in [7, 11) is 3.86. The van der Waals surface area contributed by atoms with Crippen LogP contribution in [0.15, 0.2) is 18.5 Å². The topological polar surface area (TPSA) is 29.9 Å². The maximum absolute atomic E-state index is 6.13. The Morgan fingerprint density at radius 2 is 2.29 bits per heavy atom. The maximum Gasteiger partial charge on any atom is 0.0955 e. The lowest BCUT2D eigenvalue weighted by Crippen LogP contribution is -2.05. The number of fused-ring (bicyclic) bond motifs is 1. The van der Waals surface area contributed by atoms with E-state index < -0.39 is 0 Å². The van der Waals surface area contributed by atoms with Crippen molar-refractivity contribution in [1.29, 1.82) is 0 Å². The zero-order chi connectivity index (χ0) is 10.1. The fraction of sp³-hybridized carbons (Fsp3) is 0.300. The molecule has 0 radical (unpaired) electrons. The number of nitrogens with one attached hydrogen (secondary N) is 1. The van der Waals surface area contributed by atoms with Crippen molar-refractivity contribution in [1.82, 2.24) is 14.9 Å². The van der Waals surface area contributed by atoms with Crippen LogP contribution < -0.4 is 5.32 Å². The predicted molar refractivity (Wildman–Crippen MR) is 58.5 cm³/mol. The smallest absolute Gasteiger partial charge is 0.0955 e. The highest BCUT2D eigenvalue weighted by atomic mass is 35.5. The summed E-state index contributed by atoms with van der Waals surface area (Å²) in [6.45, 7) is 0.769. The average molecular weight is 210 g/mol. The Hall–Kier alpha value is -1.06.